The second-order valence-electron chi connectivity index (χ2n) is 6.11. The molecule has 1 N–H and O–H groups in total. The Morgan fingerprint density at radius 2 is 1.96 bits per heavy atom. The lowest BCUT2D eigenvalue weighted by Crippen LogP contribution is -2.32. The molecule has 0 saturated heterocycles. The first-order valence-corrected chi connectivity index (χ1v) is 7.34. The first-order chi connectivity index (χ1) is 10.9. The van der Waals surface area contributed by atoms with Crippen molar-refractivity contribution in [2.75, 3.05) is 7.11 Å². The van der Waals surface area contributed by atoms with Crippen LogP contribution in [-0.4, -0.2) is 33.8 Å². The molecule has 23 heavy (non-hydrogen) atoms. The summed E-state index contributed by atoms with van der Waals surface area (Å²) in [6, 6.07) is 7.74. The van der Waals surface area contributed by atoms with Gasteiger partial charge >= 0.3 is 6.09 Å². The molecular formula is C16H22N4O3. The van der Waals surface area contributed by atoms with E-state index >= 15 is 0 Å². The molecule has 1 amide bonds. The van der Waals surface area contributed by atoms with E-state index in [-0.39, 0.29) is 6.54 Å². The molecule has 0 unspecified atom stereocenters. The minimum absolute atomic E-state index is 0.275. The van der Waals surface area contributed by atoms with E-state index in [9.17, 15) is 4.79 Å². The van der Waals surface area contributed by atoms with Crippen molar-refractivity contribution in [3.63, 3.8) is 0 Å². The number of methoxy groups -OCH3 is 1. The van der Waals surface area contributed by atoms with Gasteiger partial charge in [-0.05, 0) is 38.5 Å². The van der Waals surface area contributed by atoms with Crippen LogP contribution in [0.5, 0.6) is 5.75 Å². The molecule has 0 saturated carbocycles. The number of nitrogens with one attached hydrogen (secondary N) is 1. The summed E-state index contributed by atoms with van der Waals surface area (Å²) in [5.41, 5.74) is 1.24. The molecule has 124 valence electrons. The van der Waals surface area contributed by atoms with E-state index in [1.54, 1.807) is 18.0 Å². The molecule has 7 heteroatoms. The molecule has 0 atom stereocenters. The largest absolute Gasteiger partial charge is 0.497 e. The second kappa shape index (κ2) is 7.13. The number of carbonyl (C=O) groups is 1. The van der Waals surface area contributed by atoms with Crippen molar-refractivity contribution < 1.29 is 14.3 Å². The second-order valence-corrected chi connectivity index (χ2v) is 6.11. The zero-order chi connectivity index (χ0) is 16.9. The molecule has 0 bridgehead atoms. The first kappa shape index (κ1) is 16.8. The van der Waals surface area contributed by atoms with Gasteiger partial charge < -0.3 is 14.8 Å². The number of hydrogen-bond acceptors (Lipinski definition) is 5. The van der Waals surface area contributed by atoms with Crippen molar-refractivity contribution in [3.05, 3.63) is 41.7 Å². The minimum atomic E-state index is -0.518. The number of benzene rings is 1. The molecular weight excluding hydrogens is 296 g/mol. The summed E-state index contributed by atoms with van der Waals surface area (Å²) in [4.78, 5) is 11.6. The van der Waals surface area contributed by atoms with Crippen LogP contribution in [0.15, 0.2) is 30.5 Å². The SMILES string of the molecule is COc1ccc(Cn2cc(CNC(=O)OC(C)(C)C)nn2)cc1. The maximum absolute atomic E-state index is 11.6. The van der Waals surface area contributed by atoms with Gasteiger partial charge in [0.05, 0.1) is 26.4 Å². The highest BCUT2D eigenvalue weighted by Gasteiger charge is 2.16. The number of alkyl carbamates (subject to hydrolysis) is 1. The Balaban J connectivity index is 1.86. The number of amides is 1. The van der Waals surface area contributed by atoms with Crippen LogP contribution in [-0.2, 0) is 17.8 Å². The van der Waals surface area contributed by atoms with Gasteiger partial charge in [-0.15, -0.1) is 5.10 Å². The van der Waals surface area contributed by atoms with Crippen molar-refractivity contribution in [1.82, 2.24) is 20.3 Å². The third-order valence-corrected chi connectivity index (χ3v) is 2.90. The molecule has 7 nitrogen and oxygen atoms in total. The van der Waals surface area contributed by atoms with Crippen molar-refractivity contribution in [2.45, 2.75) is 39.5 Å². The smallest absolute Gasteiger partial charge is 0.407 e. The maximum Gasteiger partial charge on any atom is 0.407 e. The quantitative estimate of drug-likeness (QED) is 0.915. The van der Waals surface area contributed by atoms with Crippen molar-refractivity contribution >= 4 is 6.09 Å². The molecule has 1 aromatic heterocycles. The summed E-state index contributed by atoms with van der Waals surface area (Å²) < 4.78 is 12.0. The Bertz CT molecular complexity index is 644. The molecule has 0 fully saturated rings. The summed E-state index contributed by atoms with van der Waals surface area (Å²) in [7, 11) is 1.64. The third-order valence-electron chi connectivity index (χ3n) is 2.90. The van der Waals surface area contributed by atoms with Crippen molar-refractivity contribution in [1.29, 1.82) is 0 Å². The van der Waals surface area contributed by atoms with Crippen LogP contribution in [0, 0.1) is 0 Å². The zero-order valence-electron chi connectivity index (χ0n) is 13.9. The number of rotatable bonds is 5. The third kappa shape index (κ3) is 5.61. The predicted octanol–water partition coefficient (Wildman–Crippen LogP) is 2.36. The zero-order valence-corrected chi connectivity index (χ0v) is 13.9. The van der Waals surface area contributed by atoms with Crippen molar-refractivity contribution in [2.24, 2.45) is 0 Å². The number of ether oxygens (including phenoxy) is 2. The van der Waals surface area contributed by atoms with E-state index in [0.717, 1.165) is 11.3 Å². The van der Waals surface area contributed by atoms with Crippen LogP contribution in [0.4, 0.5) is 4.79 Å². The average Bonchev–Trinajstić information content (AvgIpc) is 2.92. The first-order valence-electron chi connectivity index (χ1n) is 7.34. The fourth-order valence-corrected chi connectivity index (χ4v) is 1.89. The van der Waals surface area contributed by atoms with E-state index in [4.69, 9.17) is 9.47 Å². The van der Waals surface area contributed by atoms with E-state index in [1.807, 2.05) is 45.0 Å². The van der Waals surface area contributed by atoms with Crippen LogP contribution in [0.25, 0.3) is 0 Å². The topological polar surface area (TPSA) is 78.3 Å². The van der Waals surface area contributed by atoms with E-state index in [2.05, 4.69) is 15.6 Å². The van der Waals surface area contributed by atoms with Gasteiger partial charge in [-0.3, -0.25) is 0 Å². The summed E-state index contributed by atoms with van der Waals surface area (Å²) in [5, 5.41) is 10.7. The molecule has 2 aromatic rings. The van der Waals surface area contributed by atoms with Crippen LogP contribution < -0.4 is 10.1 Å². The average molecular weight is 318 g/mol. The summed E-state index contributed by atoms with van der Waals surface area (Å²) in [6.45, 7) is 6.33. The number of aromatic nitrogens is 3. The van der Waals surface area contributed by atoms with Crippen LogP contribution >= 0.6 is 0 Å². The van der Waals surface area contributed by atoms with Gasteiger partial charge in [-0.25, -0.2) is 9.48 Å². The van der Waals surface area contributed by atoms with Gasteiger partial charge in [0.2, 0.25) is 0 Å². The monoisotopic (exact) mass is 318 g/mol. The van der Waals surface area contributed by atoms with E-state index in [1.165, 1.54) is 0 Å². The van der Waals surface area contributed by atoms with E-state index < -0.39 is 11.7 Å². The summed E-state index contributed by atoms with van der Waals surface area (Å²) in [5.74, 6) is 0.814. The molecule has 0 aliphatic carbocycles. The molecule has 0 radical (unpaired) electrons. The van der Waals surface area contributed by atoms with Gasteiger partial charge in [0, 0.05) is 0 Å². The lowest BCUT2D eigenvalue weighted by Gasteiger charge is -2.19. The van der Waals surface area contributed by atoms with Crippen molar-refractivity contribution in [3.8, 4) is 5.75 Å². The number of carbonyl (C=O) groups excluding carboxylic acids is 1. The minimum Gasteiger partial charge on any atom is -0.497 e. The molecule has 0 aliphatic heterocycles. The Morgan fingerprint density at radius 3 is 2.57 bits per heavy atom. The molecule has 0 aliphatic rings. The summed E-state index contributed by atoms with van der Waals surface area (Å²) >= 11 is 0. The Morgan fingerprint density at radius 1 is 1.26 bits per heavy atom. The van der Waals surface area contributed by atoms with Gasteiger partial charge in [-0.2, -0.15) is 0 Å². The van der Waals surface area contributed by atoms with E-state index in [0.29, 0.717) is 12.2 Å². The maximum atomic E-state index is 11.6. The Kier molecular flexibility index (Phi) is 5.20. The highest BCUT2D eigenvalue weighted by molar-refractivity contribution is 5.67. The molecule has 2 rings (SSSR count). The van der Waals surface area contributed by atoms with Gasteiger partial charge in [0.25, 0.3) is 0 Å². The molecule has 1 aromatic carbocycles. The lowest BCUT2D eigenvalue weighted by atomic mass is 10.2. The van der Waals surface area contributed by atoms with Crippen LogP contribution in [0.3, 0.4) is 0 Å². The highest BCUT2D eigenvalue weighted by Crippen LogP contribution is 2.12. The van der Waals surface area contributed by atoms with Gasteiger partial charge in [-0.1, -0.05) is 17.3 Å². The Hall–Kier alpha value is -2.57. The molecule has 0 spiro atoms. The fraction of sp³-hybridized carbons (Fsp3) is 0.438. The predicted molar refractivity (Wildman–Crippen MR) is 85.2 cm³/mol. The standard InChI is InChI=1S/C16H22N4O3/c1-16(2,3)23-15(21)17-9-13-11-20(19-18-13)10-12-5-7-14(22-4)8-6-12/h5-8,11H,9-10H2,1-4H3,(H,17,21). The fourth-order valence-electron chi connectivity index (χ4n) is 1.89. The molecule has 1 heterocycles. The van der Waals surface area contributed by atoms with Gasteiger partial charge in [0.1, 0.15) is 17.0 Å². The Labute approximate surface area is 135 Å². The van der Waals surface area contributed by atoms with Crippen LogP contribution in [0.2, 0.25) is 0 Å². The summed E-state index contributed by atoms with van der Waals surface area (Å²) in [6.07, 6.45) is 1.32. The highest BCUT2D eigenvalue weighted by atomic mass is 16.6. The number of nitrogens with zero attached hydrogens (tertiary/aromatic N) is 3. The van der Waals surface area contributed by atoms with Crippen LogP contribution in [0.1, 0.15) is 32.0 Å². The van der Waals surface area contributed by atoms with Gasteiger partial charge in [0.15, 0.2) is 0 Å². The normalized spacial score (nSPS) is 11.1. The number of hydrogen-bond donors (Lipinski definition) is 1. The lowest BCUT2D eigenvalue weighted by molar-refractivity contribution is 0.0523.